The van der Waals surface area contributed by atoms with E-state index < -0.39 is 15.3 Å². The Morgan fingerprint density at radius 2 is 1.94 bits per heavy atom. The summed E-state index contributed by atoms with van der Waals surface area (Å²) in [7, 11) is -3.18. The van der Waals surface area contributed by atoms with Crippen LogP contribution in [-0.2, 0) is 21.9 Å². The molecule has 0 unspecified atom stereocenters. The zero-order valence-electron chi connectivity index (χ0n) is 9.40. The highest BCUT2D eigenvalue weighted by atomic mass is 79.9. The maximum Gasteiger partial charge on any atom is 0.214 e. The van der Waals surface area contributed by atoms with Gasteiger partial charge < -0.3 is 0 Å². The number of rotatable bonds is 5. The molecule has 1 aromatic rings. The van der Waals surface area contributed by atoms with E-state index in [2.05, 4.69) is 20.7 Å². The molecule has 16 heavy (non-hydrogen) atoms. The predicted molar refractivity (Wildman–Crippen MR) is 70.0 cm³/mol. The highest BCUT2D eigenvalue weighted by molar-refractivity contribution is 9.08. The van der Waals surface area contributed by atoms with E-state index in [1.807, 2.05) is 24.3 Å². The van der Waals surface area contributed by atoms with E-state index in [9.17, 15) is 8.42 Å². The minimum atomic E-state index is -3.18. The van der Waals surface area contributed by atoms with Crippen LogP contribution in [0, 0.1) is 0 Å². The topological polar surface area (TPSA) is 46.2 Å². The Labute approximate surface area is 105 Å². The third kappa shape index (κ3) is 3.88. The Kier molecular flexibility index (Phi) is 4.95. The zero-order chi connectivity index (χ0) is 12.2. The fourth-order valence-corrected chi connectivity index (χ4v) is 2.22. The minimum Gasteiger partial charge on any atom is -0.212 e. The van der Waals surface area contributed by atoms with Crippen molar-refractivity contribution in [1.82, 2.24) is 4.72 Å². The van der Waals surface area contributed by atoms with E-state index in [0.29, 0.717) is 6.54 Å². The number of benzene rings is 1. The van der Waals surface area contributed by atoms with Crippen molar-refractivity contribution in [2.45, 2.75) is 31.0 Å². The van der Waals surface area contributed by atoms with Gasteiger partial charge in [-0.3, -0.25) is 0 Å². The van der Waals surface area contributed by atoms with E-state index >= 15 is 0 Å². The van der Waals surface area contributed by atoms with E-state index in [-0.39, 0.29) is 0 Å². The van der Waals surface area contributed by atoms with E-state index in [1.165, 1.54) is 0 Å². The predicted octanol–water partition coefficient (Wildman–Crippen LogP) is 2.41. The van der Waals surface area contributed by atoms with E-state index in [1.54, 1.807) is 13.8 Å². The SMILES string of the molecule is CC(C)S(=O)(=O)NCc1cccc(CBr)c1. The Morgan fingerprint density at radius 1 is 1.31 bits per heavy atom. The van der Waals surface area contributed by atoms with Crippen molar-refractivity contribution in [1.29, 1.82) is 0 Å². The Bertz CT molecular complexity index is 443. The third-order valence-electron chi connectivity index (χ3n) is 2.24. The molecule has 1 aromatic carbocycles. The number of hydrogen-bond acceptors (Lipinski definition) is 2. The summed E-state index contributed by atoms with van der Waals surface area (Å²) in [5.41, 5.74) is 2.11. The third-order valence-corrected chi connectivity index (χ3v) is 4.68. The number of nitrogens with one attached hydrogen (secondary N) is 1. The van der Waals surface area contributed by atoms with Crippen LogP contribution >= 0.6 is 15.9 Å². The smallest absolute Gasteiger partial charge is 0.212 e. The van der Waals surface area contributed by atoms with Gasteiger partial charge in [0.15, 0.2) is 0 Å². The quantitative estimate of drug-likeness (QED) is 0.849. The Morgan fingerprint density at radius 3 is 2.50 bits per heavy atom. The Balaban J connectivity index is 2.68. The van der Waals surface area contributed by atoms with Gasteiger partial charge in [-0.15, -0.1) is 0 Å². The van der Waals surface area contributed by atoms with Crippen LogP contribution < -0.4 is 4.72 Å². The molecule has 5 heteroatoms. The lowest BCUT2D eigenvalue weighted by molar-refractivity contribution is 0.572. The van der Waals surface area contributed by atoms with Crippen molar-refractivity contribution in [3.63, 3.8) is 0 Å². The van der Waals surface area contributed by atoms with Crippen LogP contribution in [0.15, 0.2) is 24.3 Å². The number of halogens is 1. The van der Waals surface area contributed by atoms with Crippen molar-refractivity contribution in [2.24, 2.45) is 0 Å². The van der Waals surface area contributed by atoms with Gasteiger partial charge in [0.2, 0.25) is 10.0 Å². The average molecular weight is 306 g/mol. The van der Waals surface area contributed by atoms with Gasteiger partial charge in [0.1, 0.15) is 0 Å². The van der Waals surface area contributed by atoms with Gasteiger partial charge in [0.05, 0.1) is 5.25 Å². The first-order chi connectivity index (χ1) is 7.45. The molecule has 0 fully saturated rings. The zero-order valence-corrected chi connectivity index (χ0v) is 11.8. The maximum absolute atomic E-state index is 11.5. The van der Waals surface area contributed by atoms with Gasteiger partial charge in [-0.2, -0.15) is 0 Å². The molecular weight excluding hydrogens is 290 g/mol. The largest absolute Gasteiger partial charge is 0.214 e. The van der Waals surface area contributed by atoms with Crippen LogP contribution in [0.1, 0.15) is 25.0 Å². The monoisotopic (exact) mass is 305 g/mol. The summed E-state index contributed by atoms with van der Waals surface area (Å²) in [6, 6.07) is 7.82. The van der Waals surface area contributed by atoms with E-state index in [4.69, 9.17) is 0 Å². The van der Waals surface area contributed by atoms with Crippen LogP contribution in [0.2, 0.25) is 0 Å². The van der Waals surface area contributed by atoms with Crippen molar-refractivity contribution >= 4 is 26.0 Å². The number of sulfonamides is 1. The van der Waals surface area contributed by atoms with Gasteiger partial charge in [0, 0.05) is 11.9 Å². The molecule has 0 saturated carbocycles. The average Bonchev–Trinajstić information content (AvgIpc) is 2.26. The summed E-state index contributed by atoms with van der Waals surface area (Å²) in [6.07, 6.45) is 0. The molecule has 0 aliphatic carbocycles. The second kappa shape index (κ2) is 5.80. The summed E-state index contributed by atoms with van der Waals surface area (Å²) in [6.45, 7) is 3.68. The van der Waals surface area contributed by atoms with Crippen molar-refractivity contribution < 1.29 is 8.42 Å². The summed E-state index contributed by atoms with van der Waals surface area (Å²) in [4.78, 5) is 0. The molecule has 0 saturated heterocycles. The van der Waals surface area contributed by atoms with Crippen molar-refractivity contribution in [3.05, 3.63) is 35.4 Å². The van der Waals surface area contributed by atoms with Crippen LogP contribution in [0.4, 0.5) is 0 Å². The lowest BCUT2D eigenvalue weighted by atomic mass is 10.1. The van der Waals surface area contributed by atoms with Gasteiger partial charge >= 0.3 is 0 Å². The number of hydrogen-bond donors (Lipinski definition) is 1. The molecule has 1 N–H and O–H groups in total. The fourth-order valence-electron chi connectivity index (χ4n) is 1.17. The summed E-state index contributed by atoms with van der Waals surface area (Å²) in [5, 5.41) is 0.379. The summed E-state index contributed by atoms with van der Waals surface area (Å²) >= 11 is 3.37. The molecular formula is C11H16BrNO2S. The lowest BCUT2D eigenvalue weighted by Crippen LogP contribution is -2.30. The molecule has 90 valence electrons. The molecule has 0 aliphatic rings. The van der Waals surface area contributed by atoms with Gasteiger partial charge in [0.25, 0.3) is 0 Å². The Hall–Kier alpha value is -0.390. The molecule has 1 rings (SSSR count). The molecule has 3 nitrogen and oxygen atoms in total. The molecule has 0 bridgehead atoms. The molecule has 0 spiro atoms. The number of alkyl halides is 1. The highest BCUT2D eigenvalue weighted by Crippen LogP contribution is 2.09. The van der Waals surface area contributed by atoms with Gasteiger partial charge in [-0.25, -0.2) is 13.1 Å². The standard InChI is InChI=1S/C11H16BrNO2S/c1-9(2)16(14,15)13-8-11-5-3-4-10(6-11)7-12/h3-6,9,13H,7-8H2,1-2H3. The summed E-state index contributed by atoms with van der Waals surface area (Å²) in [5.74, 6) is 0. The van der Waals surface area contributed by atoms with Crippen LogP contribution in [0.5, 0.6) is 0 Å². The van der Waals surface area contributed by atoms with Crippen molar-refractivity contribution in [3.8, 4) is 0 Å². The van der Waals surface area contributed by atoms with E-state index in [0.717, 1.165) is 16.5 Å². The second-order valence-electron chi connectivity index (χ2n) is 3.87. The molecule has 0 aliphatic heterocycles. The normalized spacial score (nSPS) is 12.0. The van der Waals surface area contributed by atoms with Crippen LogP contribution in [-0.4, -0.2) is 13.7 Å². The van der Waals surface area contributed by atoms with Crippen LogP contribution in [0.25, 0.3) is 0 Å². The maximum atomic E-state index is 11.5. The van der Waals surface area contributed by atoms with Crippen LogP contribution in [0.3, 0.4) is 0 Å². The molecule has 0 atom stereocenters. The first-order valence-corrected chi connectivity index (χ1v) is 7.74. The molecule has 0 heterocycles. The lowest BCUT2D eigenvalue weighted by Gasteiger charge is -2.09. The molecule has 0 aromatic heterocycles. The summed E-state index contributed by atoms with van der Waals surface area (Å²) < 4.78 is 25.7. The van der Waals surface area contributed by atoms with Crippen molar-refractivity contribution in [2.75, 3.05) is 0 Å². The van der Waals surface area contributed by atoms with Gasteiger partial charge in [-0.05, 0) is 25.0 Å². The van der Waals surface area contributed by atoms with Gasteiger partial charge in [-0.1, -0.05) is 40.2 Å². The first kappa shape index (κ1) is 13.7. The molecule has 0 radical (unpaired) electrons. The first-order valence-electron chi connectivity index (χ1n) is 5.08. The fraction of sp³-hybridized carbons (Fsp3) is 0.455. The highest BCUT2D eigenvalue weighted by Gasteiger charge is 2.14. The second-order valence-corrected chi connectivity index (χ2v) is 6.75. The molecule has 0 amide bonds. The minimum absolute atomic E-state index is 0.349.